The van der Waals surface area contributed by atoms with Gasteiger partial charge >= 0.3 is 0 Å². The zero-order valence-corrected chi connectivity index (χ0v) is 25.8. The second-order valence-corrected chi connectivity index (χ2v) is 12.1. The highest BCUT2D eigenvalue weighted by atomic mass is 32.2. The lowest BCUT2D eigenvalue weighted by molar-refractivity contribution is -0.122. The van der Waals surface area contributed by atoms with Crippen LogP contribution in [0.15, 0.2) is 59.5 Å². The van der Waals surface area contributed by atoms with Crippen molar-refractivity contribution in [2.24, 2.45) is 5.14 Å². The summed E-state index contributed by atoms with van der Waals surface area (Å²) < 4.78 is 38.5. The molecule has 2 amide bonds. The fourth-order valence-corrected chi connectivity index (χ4v) is 5.17. The Morgan fingerprint density at radius 3 is 2.29 bits per heavy atom. The van der Waals surface area contributed by atoms with Crippen LogP contribution in [0.4, 0.5) is 4.39 Å². The van der Waals surface area contributed by atoms with E-state index < -0.39 is 10.0 Å². The summed E-state index contributed by atoms with van der Waals surface area (Å²) >= 11 is 8.38. The van der Waals surface area contributed by atoms with E-state index >= 15 is 0 Å². The van der Waals surface area contributed by atoms with Crippen molar-refractivity contribution in [2.75, 3.05) is 37.7 Å². The molecule has 0 saturated carbocycles. The Morgan fingerprint density at radius 1 is 0.929 bits per heavy atom. The monoisotopic (exact) mass is 636 g/mol. The van der Waals surface area contributed by atoms with Gasteiger partial charge in [-0.25, -0.2) is 22.6 Å². The van der Waals surface area contributed by atoms with Crippen molar-refractivity contribution in [3.05, 3.63) is 66.1 Å². The minimum atomic E-state index is -3.85. The van der Waals surface area contributed by atoms with E-state index in [9.17, 15) is 22.4 Å². The van der Waals surface area contributed by atoms with Gasteiger partial charge in [-0.3, -0.25) is 14.5 Å². The first-order valence-electron chi connectivity index (χ1n) is 13.6. The first kappa shape index (κ1) is 33.6. The van der Waals surface area contributed by atoms with Crippen molar-refractivity contribution < 1.29 is 22.4 Å². The van der Waals surface area contributed by atoms with E-state index in [2.05, 4.69) is 45.9 Å². The van der Waals surface area contributed by atoms with Gasteiger partial charge in [-0.1, -0.05) is 6.42 Å². The summed E-state index contributed by atoms with van der Waals surface area (Å²) in [5.74, 6) is 0.731. The molecular formula is C28H37FN6O4S3. The molecule has 0 bridgehead atoms. The van der Waals surface area contributed by atoms with Crippen LogP contribution in [0.3, 0.4) is 0 Å². The summed E-state index contributed by atoms with van der Waals surface area (Å²) in [6.07, 6.45) is 2.76. The molecule has 4 N–H and O–H groups in total. The standard InChI is InChI=1S/C28H37FN6O4S3/c29-22-7-5-21(6-8-22)26-18-23(33-35(26)24-9-11-25(12-10-24)42(30,38)39)19-32-27(36)4-2-1-3-14-34(15-17-41)20-28(37)31-13-16-40/h5-12,18,40-41H,1-4,13-17,19-20H2,(H,31,37)(H,32,36)(H2,30,38,39). The number of primary sulfonamides is 1. The summed E-state index contributed by atoms with van der Waals surface area (Å²) in [5, 5.41) is 15.5. The van der Waals surface area contributed by atoms with Crippen molar-refractivity contribution in [3.8, 4) is 16.9 Å². The molecule has 2 aromatic carbocycles. The van der Waals surface area contributed by atoms with Gasteiger partial charge in [0.25, 0.3) is 0 Å². The molecule has 0 radical (unpaired) electrons. The molecule has 1 heterocycles. The largest absolute Gasteiger partial charge is 0.354 e. The lowest BCUT2D eigenvalue weighted by Gasteiger charge is -2.20. The number of hydrogen-bond acceptors (Lipinski definition) is 8. The summed E-state index contributed by atoms with van der Waals surface area (Å²) in [7, 11) is -3.85. The maximum atomic E-state index is 13.5. The van der Waals surface area contributed by atoms with Crippen LogP contribution < -0.4 is 15.8 Å². The van der Waals surface area contributed by atoms with Crippen molar-refractivity contribution in [1.29, 1.82) is 0 Å². The highest BCUT2D eigenvalue weighted by Crippen LogP contribution is 2.25. The third-order valence-electron chi connectivity index (χ3n) is 6.37. The van der Waals surface area contributed by atoms with Gasteiger partial charge in [0, 0.05) is 36.6 Å². The topological polar surface area (TPSA) is 139 Å². The number of benzene rings is 2. The fraction of sp³-hybridized carbons (Fsp3) is 0.393. The quantitative estimate of drug-likeness (QED) is 0.114. The van der Waals surface area contributed by atoms with Crippen LogP contribution in [-0.2, 0) is 26.2 Å². The average molecular weight is 637 g/mol. The molecule has 0 aliphatic heterocycles. The Morgan fingerprint density at radius 2 is 1.64 bits per heavy atom. The highest BCUT2D eigenvalue weighted by Gasteiger charge is 2.15. The molecule has 0 aliphatic carbocycles. The van der Waals surface area contributed by atoms with Crippen molar-refractivity contribution >= 4 is 47.1 Å². The highest BCUT2D eigenvalue weighted by molar-refractivity contribution is 7.89. The maximum Gasteiger partial charge on any atom is 0.238 e. The first-order chi connectivity index (χ1) is 20.1. The minimum Gasteiger partial charge on any atom is -0.354 e. The Bertz CT molecular complexity index is 1420. The van der Waals surface area contributed by atoms with Crippen LogP contribution in [0.1, 0.15) is 31.4 Å². The summed E-state index contributed by atoms with van der Waals surface area (Å²) in [5.41, 5.74) is 2.50. The van der Waals surface area contributed by atoms with Gasteiger partial charge in [-0.15, -0.1) is 0 Å². The predicted molar refractivity (Wildman–Crippen MR) is 168 cm³/mol. The van der Waals surface area contributed by atoms with Gasteiger partial charge in [-0.05, 0) is 74.0 Å². The fourth-order valence-electron chi connectivity index (χ4n) is 4.26. The minimum absolute atomic E-state index is 0.0293. The van der Waals surface area contributed by atoms with Gasteiger partial charge in [0.15, 0.2) is 0 Å². The predicted octanol–water partition coefficient (Wildman–Crippen LogP) is 2.78. The maximum absolute atomic E-state index is 13.5. The number of nitrogens with zero attached hydrogens (tertiary/aromatic N) is 3. The number of halogens is 1. The Labute approximate surface area is 257 Å². The molecule has 1 aromatic heterocycles. The number of aromatic nitrogens is 2. The zero-order valence-electron chi connectivity index (χ0n) is 23.2. The van der Waals surface area contributed by atoms with Crippen LogP contribution in [0.5, 0.6) is 0 Å². The Balaban J connectivity index is 1.56. The molecule has 0 spiro atoms. The number of carbonyl (C=O) groups excluding carboxylic acids is 2. The summed E-state index contributed by atoms with van der Waals surface area (Å²) in [4.78, 5) is 26.5. The molecule has 0 atom stereocenters. The molecule has 0 unspecified atom stereocenters. The molecule has 0 fully saturated rings. The van der Waals surface area contributed by atoms with E-state index in [1.807, 2.05) is 0 Å². The smallest absolute Gasteiger partial charge is 0.238 e. The zero-order chi connectivity index (χ0) is 30.5. The second-order valence-electron chi connectivity index (χ2n) is 9.64. The number of nitrogens with one attached hydrogen (secondary N) is 2. The number of rotatable bonds is 17. The average Bonchev–Trinajstić information content (AvgIpc) is 3.39. The van der Waals surface area contributed by atoms with Crippen LogP contribution in [0.2, 0.25) is 0 Å². The second kappa shape index (κ2) is 16.7. The van der Waals surface area contributed by atoms with Crippen molar-refractivity contribution in [1.82, 2.24) is 25.3 Å². The molecule has 10 nitrogen and oxygen atoms in total. The van der Waals surface area contributed by atoms with Gasteiger partial charge in [-0.2, -0.15) is 30.4 Å². The van der Waals surface area contributed by atoms with E-state index in [4.69, 9.17) is 5.14 Å². The van der Waals surface area contributed by atoms with E-state index in [0.717, 1.165) is 19.4 Å². The van der Waals surface area contributed by atoms with Crippen LogP contribution >= 0.6 is 25.3 Å². The van der Waals surface area contributed by atoms with Gasteiger partial charge in [0.1, 0.15) is 5.82 Å². The van der Waals surface area contributed by atoms with E-state index in [1.54, 1.807) is 35.0 Å². The number of unbranched alkanes of at least 4 members (excludes halogenated alkanes) is 2. The molecule has 42 heavy (non-hydrogen) atoms. The third kappa shape index (κ3) is 10.7. The van der Waals surface area contributed by atoms with Crippen molar-refractivity contribution in [3.63, 3.8) is 0 Å². The van der Waals surface area contributed by atoms with Gasteiger partial charge in [0.2, 0.25) is 21.8 Å². The van der Waals surface area contributed by atoms with E-state index in [1.165, 1.54) is 24.3 Å². The van der Waals surface area contributed by atoms with Gasteiger partial charge in [0.05, 0.1) is 35.1 Å². The van der Waals surface area contributed by atoms with Crippen LogP contribution in [0, 0.1) is 5.82 Å². The van der Waals surface area contributed by atoms with E-state index in [-0.39, 0.29) is 29.1 Å². The molecule has 3 rings (SSSR count). The number of sulfonamides is 1. The third-order valence-corrected chi connectivity index (χ3v) is 7.72. The molecule has 0 aliphatic rings. The lowest BCUT2D eigenvalue weighted by atomic mass is 10.1. The first-order valence-corrected chi connectivity index (χ1v) is 16.4. The number of carbonyl (C=O) groups is 2. The summed E-state index contributed by atoms with van der Waals surface area (Å²) in [6, 6.07) is 13.6. The number of amides is 2. The molecule has 228 valence electrons. The number of nitrogens with two attached hydrogens (primary N) is 1. The Kier molecular flexibility index (Phi) is 13.3. The lowest BCUT2D eigenvalue weighted by Crippen LogP contribution is -2.39. The molecule has 3 aromatic rings. The molecule has 0 saturated heterocycles. The Hall–Kier alpha value is -2.91. The number of hydrogen-bond donors (Lipinski definition) is 5. The van der Waals surface area contributed by atoms with Crippen molar-refractivity contribution in [2.45, 2.75) is 37.1 Å². The molecular weight excluding hydrogens is 600 g/mol. The summed E-state index contributed by atoms with van der Waals surface area (Å²) in [6.45, 7) is 2.50. The molecule has 14 heteroatoms. The van der Waals surface area contributed by atoms with Crippen LogP contribution in [0.25, 0.3) is 16.9 Å². The normalized spacial score (nSPS) is 11.5. The van der Waals surface area contributed by atoms with Gasteiger partial charge < -0.3 is 10.6 Å². The SMILES string of the molecule is NS(=O)(=O)c1ccc(-n2nc(CNC(=O)CCCCCN(CCS)CC(=O)NCCS)cc2-c2ccc(F)cc2)cc1. The number of thiol groups is 2. The van der Waals surface area contributed by atoms with Crippen LogP contribution in [-0.4, -0.2) is 72.6 Å². The van der Waals surface area contributed by atoms with E-state index in [0.29, 0.717) is 66.6 Å².